The molecule has 24 heavy (non-hydrogen) atoms. The average Bonchev–Trinajstić information content (AvgIpc) is 3.02. The Hall–Kier alpha value is -2.63. The Balaban J connectivity index is 1.56. The number of aromatic carboxylic acids is 1. The first kappa shape index (κ1) is 16.2. The van der Waals surface area contributed by atoms with Crippen molar-refractivity contribution in [2.24, 2.45) is 5.92 Å². The third kappa shape index (κ3) is 4.01. The molecule has 1 saturated carbocycles. The van der Waals surface area contributed by atoms with Crippen LogP contribution in [0.25, 0.3) is 5.69 Å². The van der Waals surface area contributed by atoms with Gasteiger partial charge >= 0.3 is 5.97 Å². The van der Waals surface area contributed by atoms with E-state index >= 15 is 0 Å². The van der Waals surface area contributed by atoms with Gasteiger partial charge in [-0.3, -0.25) is 4.79 Å². The summed E-state index contributed by atoms with van der Waals surface area (Å²) in [7, 11) is 0. The van der Waals surface area contributed by atoms with Gasteiger partial charge in [0.15, 0.2) is 5.69 Å². The molecule has 0 saturated heterocycles. The maximum atomic E-state index is 11.9. The van der Waals surface area contributed by atoms with Gasteiger partial charge < -0.3 is 10.4 Å². The molecular weight excluding hydrogens is 306 g/mol. The highest BCUT2D eigenvalue weighted by Gasteiger charge is 2.18. The summed E-state index contributed by atoms with van der Waals surface area (Å²) in [5.41, 5.74) is 1.73. The van der Waals surface area contributed by atoms with Gasteiger partial charge in [-0.05, 0) is 36.1 Å². The second-order valence-electron chi connectivity index (χ2n) is 6.23. The lowest BCUT2D eigenvalue weighted by molar-refractivity contribution is -0.121. The zero-order chi connectivity index (χ0) is 16.9. The van der Waals surface area contributed by atoms with Gasteiger partial charge in [0.2, 0.25) is 5.91 Å². The lowest BCUT2D eigenvalue weighted by atomic mass is 9.82. The number of carbonyl (C=O) groups is 2. The summed E-state index contributed by atoms with van der Waals surface area (Å²) >= 11 is 0. The molecule has 2 N–H and O–H groups in total. The lowest BCUT2D eigenvalue weighted by Crippen LogP contribution is -2.24. The van der Waals surface area contributed by atoms with E-state index in [9.17, 15) is 9.59 Å². The van der Waals surface area contributed by atoms with Gasteiger partial charge in [0, 0.05) is 19.2 Å². The predicted molar refractivity (Wildman–Crippen MR) is 88.9 cm³/mol. The number of aromatic nitrogens is 2. The average molecular weight is 327 g/mol. The van der Waals surface area contributed by atoms with Crippen LogP contribution in [0, 0.1) is 5.92 Å². The molecule has 3 rings (SSSR count). The number of benzene rings is 1. The van der Waals surface area contributed by atoms with Gasteiger partial charge in [0.25, 0.3) is 0 Å². The van der Waals surface area contributed by atoms with E-state index in [1.807, 2.05) is 24.3 Å². The molecule has 1 aliphatic rings. The minimum absolute atomic E-state index is 0.00435. The predicted octanol–water partition coefficient (Wildman–Crippen LogP) is 2.77. The second kappa shape index (κ2) is 7.29. The van der Waals surface area contributed by atoms with E-state index < -0.39 is 5.97 Å². The van der Waals surface area contributed by atoms with Gasteiger partial charge in [0.05, 0.1) is 5.69 Å². The van der Waals surface area contributed by atoms with E-state index in [2.05, 4.69) is 10.4 Å². The molecule has 1 fully saturated rings. The first-order chi connectivity index (χ1) is 11.6. The topological polar surface area (TPSA) is 84.2 Å². The van der Waals surface area contributed by atoms with Crippen LogP contribution in [0.2, 0.25) is 0 Å². The van der Waals surface area contributed by atoms with Crippen molar-refractivity contribution < 1.29 is 14.7 Å². The van der Waals surface area contributed by atoms with Crippen molar-refractivity contribution in [3.8, 4) is 5.69 Å². The Bertz CT molecular complexity index is 735. The molecule has 1 aromatic carbocycles. The molecule has 1 aromatic heterocycles. The highest BCUT2D eigenvalue weighted by molar-refractivity contribution is 5.85. The van der Waals surface area contributed by atoms with Crippen molar-refractivity contribution in [1.29, 1.82) is 0 Å². The molecular formula is C18H21N3O3. The Kier molecular flexibility index (Phi) is 4.93. The molecule has 6 nitrogen and oxygen atoms in total. The second-order valence-corrected chi connectivity index (χ2v) is 6.23. The number of hydrogen-bond donors (Lipinski definition) is 2. The van der Waals surface area contributed by atoms with E-state index in [4.69, 9.17) is 5.11 Å². The van der Waals surface area contributed by atoms with E-state index in [0.717, 1.165) is 23.6 Å². The molecule has 1 amide bonds. The zero-order valence-corrected chi connectivity index (χ0v) is 13.4. The molecule has 1 aliphatic carbocycles. The van der Waals surface area contributed by atoms with E-state index in [1.165, 1.54) is 30.0 Å². The van der Waals surface area contributed by atoms with Crippen molar-refractivity contribution in [1.82, 2.24) is 15.1 Å². The quantitative estimate of drug-likeness (QED) is 0.819. The Morgan fingerprint density at radius 1 is 1.29 bits per heavy atom. The molecule has 126 valence electrons. The molecule has 2 aromatic rings. The summed E-state index contributed by atoms with van der Waals surface area (Å²) in [6, 6.07) is 8.99. The molecule has 1 heterocycles. The van der Waals surface area contributed by atoms with Crippen LogP contribution in [0.1, 0.15) is 48.2 Å². The van der Waals surface area contributed by atoms with Crippen LogP contribution in [0.5, 0.6) is 0 Å². The van der Waals surface area contributed by atoms with Gasteiger partial charge in [-0.25, -0.2) is 9.48 Å². The summed E-state index contributed by atoms with van der Waals surface area (Å²) in [6.45, 7) is 0.463. The maximum Gasteiger partial charge on any atom is 0.356 e. The van der Waals surface area contributed by atoms with E-state index in [-0.39, 0.29) is 11.6 Å². The fourth-order valence-electron chi connectivity index (χ4n) is 2.80. The highest BCUT2D eigenvalue weighted by Crippen LogP contribution is 2.30. The summed E-state index contributed by atoms with van der Waals surface area (Å²) < 4.78 is 1.52. The molecule has 0 radical (unpaired) electrons. The van der Waals surface area contributed by atoms with Gasteiger partial charge in [-0.15, -0.1) is 0 Å². The summed E-state index contributed by atoms with van der Waals surface area (Å²) in [4.78, 5) is 22.8. The molecule has 0 spiro atoms. The monoisotopic (exact) mass is 327 g/mol. The number of carbonyl (C=O) groups excluding carboxylic acids is 1. The van der Waals surface area contributed by atoms with Gasteiger partial charge in [0.1, 0.15) is 0 Å². The van der Waals surface area contributed by atoms with Crippen molar-refractivity contribution >= 4 is 11.9 Å². The van der Waals surface area contributed by atoms with Crippen molar-refractivity contribution in [2.75, 3.05) is 0 Å². The van der Waals surface area contributed by atoms with Gasteiger partial charge in [-0.2, -0.15) is 5.10 Å². The number of nitrogens with one attached hydrogen (secondary N) is 1. The largest absolute Gasteiger partial charge is 0.476 e. The highest BCUT2D eigenvalue weighted by atomic mass is 16.4. The third-order valence-corrected chi connectivity index (χ3v) is 4.48. The van der Waals surface area contributed by atoms with E-state index in [0.29, 0.717) is 13.0 Å². The summed E-state index contributed by atoms with van der Waals surface area (Å²) in [6.07, 6.45) is 7.01. The number of nitrogens with zero attached hydrogens (tertiary/aromatic N) is 2. The lowest BCUT2D eigenvalue weighted by Gasteiger charge is -2.24. The van der Waals surface area contributed by atoms with Crippen molar-refractivity contribution in [3.05, 3.63) is 47.8 Å². The SMILES string of the molecule is O=C(CCC1CCC1)NCc1cccc(-n2ccc(C(=O)O)n2)c1. The molecule has 0 bridgehead atoms. The molecule has 0 unspecified atom stereocenters. The van der Waals surface area contributed by atoms with Crippen LogP contribution >= 0.6 is 0 Å². The first-order valence-electron chi connectivity index (χ1n) is 8.27. The Morgan fingerprint density at radius 2 is 2.12 bits per heavy atom. The number of carboxylic acid groups (broad SMARTS) is 1. The van der Waals surface area contributed by atoms with Crippen molar-refractivity contribution in [3.63, 3.8) is 0 Å². The fourth-order valence-corrected chi connectivity index (χ4v) is 2.80. The van der Waals surface area contributed by atoms with Crippen LogP contribution in [0.3, 0.4) is 0 Å². The first-order valence-corrected chi connectivity index (χ1v) is 8.27. The molecule has 0 atom stereocenters. The molecule has 0 aliphatic heterocycles. The summed E-state index contributed by atoms with van der Waals surface area (Å²) in [5, 5.41) is 15.9. The van der Waals surface area contributed by atoms with Crippen LogP contribution in [0.4, 0.5) is 0 Å². The number of amides is 1. The van der Waals surface area contributed by atoms with Crippen LogP contribution in [-0.2, 0) is 11.3 Å². The smallest absolute Gasteiger partial charge is 0.356 e. The molecule has 6 heteroatoms. The van der Waals surface area contributed by atoms with E-state index in [1.54, 1.807) is 6.20 Å². The van der Waals surface area contributed by atoms with Crippen LogP contribution in [0.15, 0.2) is 36.5 Å². The minimum Gasteiger partial charge on any atom is -0.476 e. The summed E-state index contributed by atoms with van der Waals surface area (Å²) in [5.74, 6) is -0.231. The standard InChI is InChI=1S/C18H21N3O3/c22-17(8-7-13-3-1-4-13)19-12-14-5-2-6-15(11-14)21-10-9-16(20-21)18(23)24/h2,5-6,9-11,13H,1,3-4,7-8,12H2,(H,19,22)(H,23,24). The minimum atomic E-state index is -1.05. The Labute approximate surface area is 140 Å². The Morgan fingerprint density at radius 3 is 2.79 bits per heavy atom. The van der Waals surface area contributed by atoms with Crippen LogP contribution < -0.4 is 5.32 Å². The maximum absolute atomic E-state index is 11.9. The van der Waals surface area contributed by atoms with Crippen LogP contribution in [-0.4, -0.2) is 26.8 Å². The fraction of sp³-hybridized carbons (Fsp3) is 0.389. The third-order valence-electron chi connectivity index (χ3n) is 4.48. The van der Waals surface area contributed by atoms with Gasteiger partial charge in [-0.1, -0.05) is 31.4 Å². The van der Waals surface area contributed by atoms with Crippen molar-refractivity contribution in [2.45, 2.75) is 38.6 Å². The number of hydrogen-bond acceptors (Lipinski definition) is 3. The zero-order valence-electron chi connectivity index (χ0n) is 13.4. The number of carboxylic acids is 1. The normalized spacial score (nSPS) is 14.2. The number of rotatable bonds is 7.